The maximum Gasteiger partial charge on any atom is 0.270 e. The molecule has 17 heavy (non-hydrogen) atoms. The summed E-state index contributed by atoms with van der Waals surface area (Å²) in [4.78, 5) is 9.73. The Balaban J connectivity index is 2.91. The van der Waals surface area contributed by atoms with Crippen LogP contribution in [0.15, 0.2) is 29.2 Å². The summed E-state index contributed by atoms with van der Waals surface area (Å²) in [6, 6.07) is 4.86. The molecular formula is C9H12N2O5S. The fraction of sp³-hybridized carbons (Fsp3) is 0.333. The number of hydrogen-bond donors (Lipinski definition) is 1. The van der Waals surface area contributed by atoms with Gasteiger partial charge in [0.2, 0.25) is 10.0 Å². The Bertz CT molecular complexity index is 500. The van der Waals surface area contributed by atoms with Crippen molar-refractivity contribution < 1.29 is 18.1 Å². The molecule has 8 heteroatoms. The van der Waals surface area contributed by atoms with E-state index in [4.69, 9.17) is 4.74 Å². The number of benzene rings is 1. The molecular weight excluding hydrogens is 248 g/mol. The van der Waals surface area contributed by atoms with Crippen LogP contribution in [0.4, 0.5) is 5.69 Å². The quantitative estimate of drug-likeness (QED) is 0.456. The van der Waals surface area contributed by atoms with Gasteiger partial charge in [0.25, 0.3) is 5.69 Å². The van der Waals surface area contributed by atoms with Gasteiger partial charge in [0.05, 0.1) is 16.4 Å². The number of non-ortho nitro benzene ring substituents is 1. The maximum atomic E-state index is 11.7. The van der Waals surface area contributed by atoms with E-state index in [1.165, 1.54) is 25.3 Å². The van der Waals surface area contributed by atoms with Crippen molar-refractivity contribution in [2.45, 2.75) is 4.90 Å². The second kappa shape index (κ2) is 5.71. The third kappa shape index (κ3) is 3.77. The lowest BCUT2D eigenvalue weighted by molar-refractivity contribution is -0.385. The van der Waals surface area contributed by atoms with Crippen LogP contribution in [0.3, 0.4) is 0 Å². The first-order chi connectivity index (χ1) is 7.97. The number of sulfonamides is 1. The Morgan fingerprint density at radius 1 is 1.47 bits per heavy atom. The van der Waals surface area contributed by atoms with Crippen LogP contribution >= 0.6 is 0 Å². The highest BCUT2D eigenvalue weighted by Crippen LogP contribution is 2.16. The third-order valence-electron chi connectivity index (χ3n) is 1.94. The molecule has 1 rings (SSSR count). The molecule has 0 amide bonds. The SMILES string of the molecule is COCCNS(=O)(=O)c1cccc([N+](=O)[O-])c1. The topological polar surface area (TPSA) is 98.5 Å². The summed E-state index contributed by atoms with van der Waals surface area (Å²) < 4.78 is 30.4. The number of hydrogen-bond acceptors (Lipinski definition) is 5. The van der Waals surface area contributed by atoms with Crippen molar-refractivity contribution in [1.82, 2.24) is 4.72 Å². The maximum absolute atomic E-state index is 11.7. The van der Waals surface area contributed by atoms with Crippen molar-refractivity contribution >= 4 is 15.7 Å². The van der Waals surface area contributed by atoms with Crippen LogP contribution < -0.4 is 4.72 Å². The summed E-state index contributed by atoms with van der Waals surface area (Å²) in [6.07, 6.45) is 0. The Kier molecular flexibility index (Phi) is 4.55. The molecule has 0 bridgehead atoms. The van der Waals surface area contributed by atoms with Gasteiger partial charge < -0.3 is 4.74 Å². The van der Waals surface area contributed by atoms with Crippen LogP contribution in [0.2, 0.25) is 0 Å². The van der Waals surface area contributed by atoms with E-state index < -0.39 is 14.9 Å². The van der Waals surface area contributed by atoms with Crippen molar-refractivity contribution in [2.24, 2.45) is 0 Å². The highest BCUT2D eigenvalue weighted by Gasteiger charge is 2.16. The summed E-state index contributed by atoms with van der Waals surface area (Å²) in [7, 11) is -2.28. The van der Waals surface area contributed by atoms with Gasteiger partial charge in [-0.2, -0.15) is 0 Å². The number of nitrogens with zero attached hydrogens (tertiary/aromatic N) is 1. The lowest BCUT2D eigenvalue weighted by Gasteiger charge is -2.05. The zero-order valence-corrected chi connectivity index (χ0v) is 9.94. The molecule has 0 saturated heterocycles. The molecule has 1 aromatic rings. The van der Waals surface area contributed by atoms with Gasteiger partial charge in [0.15, 0.2) is 0 Å². The smallest absolute Gasteiger partial charge is 0.270 e. The summed E-state index contributed by atoms with van der Waals surface area (Å²) in [5, 5.41) is 10.5. The van der Waals surface area contributed by atoms with Crippen molar-refractivity contribution in [2.75, 3.05) is 20.3 Å². The van der Waals surface area contributed by atoms with Crippen LogP contribution in [0.1, 0.15) is 0 Å². The van der Waals surface area contributed by atoms with Gasteiger partial charge in [0, 0.05) is 25.8 Å². The summed E-state index contributed by atoms with van der Waals surface area (Å²) >= 11 is 0. The first kappa shape index (κ1) is 13.6. The number of methoxy groups -OCH3 is 1. The Morgan fingerprint density at radius 2 is 2.18 bits per heavy atom. The Morgan fingerprint density at radius 3 is 2.76 bits per heavy atom. The van der Waals surface area contributed by atoms with Crippen molar-refractivity contribution in [3.8, 4) is 0 Å². The average Bonchev–Trinajstić information content (AvgIpc) is 2.29. The minimum Gasteiger partial charge on any atom is -0.383 e. The van der Waals surface area contributed by atoms with E-state index in [0.29, 0.717) is 0 Å². The van der Waals surface area contributed by atoms with E-state index in [-0.39, 0.29) is 23.7 Å². The molecule has 0 aromatic heterocycles. The second-order valence-electron chi connectivity index (χ2n) is 3.15. The standard InChI is InChI=1S/C9H12N2O5S/c1-16-6-5-10-17(14,15)9-4-2-3-8(7-9)11(12)13/h2-4,7,10H,5-6H2,1H3. The first-order valence-corrected chi connectivity index (χ1v) is 6.19. The largest absolute Gasteiger partial charge is 0.383 e. The Hall–Kier alpha value is -1.51. The van der Waals surface area contributed by atoms with E-state index in [0.717, 1.165) is 6.07 Å². The molecule has 94 valence electrons. The molecule has 0 aliphatic heterocycles. The molecule has 0 saturated carbocycles. The fourth-order valence-corrected chi connectivity index (χ4v) is 2.18. The molecule has 0 aliphatic carbocycles. The minimum absolute atomic E-state index is 0.113. The normalized spacial score (nSPS) is 11.4. The number of ether oxygens (including phenoxy) is 1. The highest BCUT2D eigenvalue weighted by molar-refractivity contribution is 7.89. The number of rotatable bonds is 6. The van der Waals surface area contributed by atoms with Gasteiger partial charge in [-0.05, 0) is 6.07 Å². The van der Waals surface area contributed by atoms with Crippen molar-refractivity contribution in [1.29, 1.82) is 0 Å². The zero-order chi connectivity index (χ0) is 12.9. The molecule has 7 nitrogen and oxygen atoms in total. The molecule has 0 radical (unpaired) electrons. The summed E-state index contributed by atoms with van der Waals surface area (Å²) in [5.41, 5.74) is -0.264. The lowest BCUT2D eigenvalue weighted by atomic mass is 10.3. The predicted octanol–water partition coefficient (Wildman–Crippen LogP) is 0.519. The molecule has 1 aromatic carbocycles. The first-order valence-electron chi connectivity index (χ1n) is 4.70. The fourth-order valence-electron chi connectivity index (χ4n) is 1.13. The molecule has 0 atom stereocenters. The van der Waals surface area contributed by atoms with E-state index in [2.05, 4.69) is 4.72 Å². The van der Waals surface area contributed by atoms with Gasteiger partial charge in [-0.15, -0.1) is 0 Å². The van der Waals surface area contributed by atoms with Crippen LogP contribution in [0, 0.1) is 10.1 Å². The zero-order valence-electron chi connectivity index (χ0n) is 9.12. The van der Waals surface area contributed by atoms with Crippen LogP contribution in [0.5, 0.6) is 0 Å². The predicted molar refractivity (Wildman–Crippen MR) is 60.2 cm³/mol. The lowest BCUT2D eigenvalue weighted by Crippen LogP contribution is -2.27. The van der Waals surface area contributed by atoms with Crippen molar-refractivity contribution in [3.05, 3.63) is 34.4 Å². The van der Waals surface area contributed by atoms with E-state index in [9.17, 15) is 18.5 Å². The summed E-state index contributed by atoms with van der Waals surface area (Å²) in [5.74, 6) is 0. The number of nitro groups is 1. The van der Waals surface area contributed by atoms with Gasteiger partial charge in [-0.1, -0.05) is 6.07 Å². The second-order valence-corrected chi connectivity index (χ2v) is 4.91. The van der Waals surface area contributed by atoms with E-state index >= 15 is 0 Å². The van der Waals surface area contributed by atoms with Crippen molar-refractivity contribution in [3.63, 3.8) is 0 Å². The molecule has 0 fully saturated rings. The van der Waals surface area contributed by atoms with Gasteiger partial charge >= 0.3 is 0 Å². The van der Waals surface area contributed by atoms with Crippen LogP contribution in [-0.4, -0.2) is 33.6 Å². The van der Waals surface area contributed by atoms with Crippen LogP contribution in [0.25, 0.3) is 0 Å². The van der Waals surface area contributed by atoms with E-state index in [1.807, 2.05) is 0 Å². The monoisotopic (exact) mass is 260 g/mol. The van der Waals surface area contributed by atoms with Gasteiger partial charge in [-0.25, -0.2) is 13.1 Å². The average molecular weight is 260 g/mol. The van der Waals surface area contributed by atoms with Gasteiger partial charge in [0.1, 0.15) is 0 Å². The number of nitro benzene ring substituents is 1. The molecule has 0 spiro atoms. The summed E-state index contributed by atoms with van der Waals surface area (Å²) in [6.45, 7) is 0.343. The number of nitrogens with one attached hydrogen (secondary N) is 1. The molecule has 0 aliphatic rings. The molecule has 0 unspecified atom stereocenters. The van der Waals surface area contributed by atoms with E-state index in [1.54, 1.807) is 0 Å². The Labute approximate surface area is 98.6 Å². The molecule has 1 N–H and O–H groups in total. The van der Waals surface area contributed by atoms with Crippen LogP contribution in [-0.2, 0) is 14.8 Å². The highest BCUT2D eigenvalue weighted by atomic mass is 32.2. The minimum atomic E-state index is -3.72. The van der Waals surface area contributed by atoms with Gasteiger partial charge in [-0.3, -0.25) is 10.1 Å². The third-order valence-corrected chi connectivity index (χ3v) is 3.40. The molecule has 0 heterocycles.